The number of aromatic nitrogens is 1. The van der Waals surface area contributed by atoms with E-state index in [9.17, 15) is 13.2 Å². The largest absolute Gasteiger partial charge is 0.418 e. The summed E-state index contributed by atoms with van der Waals surface area (Å²) >= 11 is 0. The molecular formula is C13H9F3N. The van der Waals surface area contributed by atoms with E-state index in [4.69, 9.17) is 0 Å². The molecule has 0 aliphatic carbocycles. The predicted molar refractivity (Wildman–Crippen MR) is 58.2 cm³/mol. The third-order valence-corrected chi connectivity index (χ3v) is 2.25. The van der Waals surface area contributed by atoms with Crippen molar-refractivity contribution >= 4 is 0 Å². The van der Waals surface area contributed by atoms with E-state index in [2.05, 4.69) is 4.98 Å². The van der Waals surface area contributed by atoms with Gasteiger partial charge in [0.1, 0.15) is 0 Å². The van der Waals surface area contributed by atoms with Crippen LogP contribution in [0.2, 0.25) is 0 Å². The zero-order chi connectivity index (χ0) is 12.3. The average Bonchev–Trinajstić information content (AvgIpc) is 2.30. The molecule has 4 heteroatoms. The maximum absolute atomic E-state index is 12.7. The first-order valence-electron chi connectivity index (χ1n) is 4.99. The van der Waals surface area contributed by atoms with E-state index in [0.717, 1.165) is 6.07 Å². The quantitative estimate of drug-likeness (QED) is 0.774. The summed E-state index contributed by atoms with van der Waals surface area (Å²) in [6.45, 7) is 0. The lowest BCUT2D eigenvalue weighted by molar-refractivity contribution is -0.138. The SMILES string of the molecule is FC(F)(F)c1cccnc1[CH]c1ccccc1. The Morgan fingerprint density at radius 3 is 2.29 bits per heavy atom. The molecule has 0 fully saturated rings. The fourth-order valence-corrected chi connectivity index (χ4v) is 1.48. The summed E-state index contributed by atoms with van der Waals surface area (Å²) in [5, 5.41) is 0. The molecule has 1 radical (unpaired) electrons. The number of nitrogens with zero attached hydrogens (tertiary/aromatic N) is 1. The van der Waals surface area contributed by atoms with Crippen molar-refractivity contribution < 1.29 is 13.2 Å². The lowest BCUT2D eigenvalue weighted by atomic mass is 10.1. The minimum atomic E-state index is -4.38. The summed E-state index contributed by atoms with van der Waals surface area (Å²) in [6, 6.07) is 11.1. The first-order valence-corrected chi connectivity index (χ1v) is 4.99. The summed E-state index contributed by atoms with van der Waals surface area (Å²) in [7, 11) is 0. The van der Waals surface area contributed by atoms with Crippen molar-refractivity contribution in [3.63, 3.8) is 0 Å². The molecule has 1 nitrogen and oxygen atoms in total. The molecule has 87 valence electrons. The summed E-state index contributed by atoms with van der Waals surface area (Å²) in [5.41, 5.74) is -0.0910. The lowest BCUT2D eigenvalue weighted by Crippen LogP contribution is -2.10. The van der Waals surface area contributed by atoms with Gasteiger partial charge in [0.25, 0.3) is 0 Å². The molecule has 1 aromatic heterocycles. The van der Waals surface area contributed by atoms with Crippen molar-refractivity contribution in [2.75, 3.05) is 0 Å². The van der Waals surface area contributed by atoms with Gasteiger partial charge in [-0.05, 0) is 17.7 Å². The van der Waals surface area contributed by atoms with Gasteiger partial charge in [-0.25, -0.2) is 0 Å². The van der Waals surface area contributed by atoms with Crippen molar-refractivity contribution in [2.24, 2.45) is 0 Å². The Morgan fingerprint density at radius 2 is 1.65 bits per heavy atom. The average molecular weight is 236 g/mol. The second kappa shape index (κ2) is 4.57. The highest BCUT2D eigenvalue weighted by molar-refractivity contribution is 5.38. The molecule has 0 aliphatic rings. The van der Waals surface area contributed by atoms with Gasteiger partial charge in [-0.1, -0.05) is 30.3 Å². The summed E-state index contributed by atoms with van der Waals surface area (Å²) in [4.78, 5) is 3.76. The highest BCUT2D eigenvalue weighted by Crippen LogP contribution is 2.32. The standard InChI is InChI=1S/C13H9F3N/c14-13(15,16)11-7-4-8-17-12(11)9-10-5-2-1-3-6-10/h1-9H. The third-order valence-electron chi connectivity index (χ3n) is 2.25. The van der Waals surface area contributed by atoms with Crippen LogP contribution >= 0.6 is 0 Å². The molecule has 0 saturated carbocycles. The second-order valence-electron chi connectivity index (χ2n) is 3.49. The Kier molecular flexibility index (Phi) is 3.13. The zero-order valence-corrected chi connectivity index (χ0v) is 8.78. The second-order valence-corrected chi connectivity index (χ2v) is 3.49. The van der Waals surface area contributed by atoms with Crippen LogP contribution in [0.15, 0.2) is 48.7 Å². The molecule has 1 heterocycles. The number of benzene rings is 1. The molecule has 0 aliphatic heterocycles. The van der Waals surface area contributed by atoms with Crippen LogP contribution in [0.4, 0.5) is 13.2 Å². The van der Waals surface area contributed by atoms with Crippen LogP contribution in [-0.4, -0.2) is 4.98 Å². The molecule has 0 atom stereocenters. The topological polar surface area (TPSA) is 12.9 Å². The fourth-order valence-electron chi connectivity index (χ4n) is 1.48. The molecular weight excluding hydrogens is 227 g/mol. The van der Waals surface area contributed by atoms with Gasteiger partial charge in [0.15, 0.2) is 0 Å². The van der Waals surface area contributed by atoms with E-state index < -0.39 is 11.7 Å². The number of rotatable bonds is 2. The number of hydrogen-bond acceptors (Lipinski definition) is 1. The van der Waals surface area contributed by atoms with Crippen molar-refractivity contribution in [3.05, 3.63) is 71.9 Å². The smallest absolute Gasteiger partial charge is 0.260 e. The number of alkyl halides is 3. The van der Waals surface area contributed by atoms with Crippen molar-refractivity contribution in [2.45, 2.75) is 6.18 Å². The molecule has 17 heavy (non-hydrogen) atoms. The molecule has 0 bridgehead atoms. The monoisotopic (exact) mass is 236 g/mol. The minimum Gasteiger partial charge on any atom is -0.260 e. The molecule has 1 aromatic carbocycles. The molecule has 0 saturated heterocycles. The Bertz CT molecular complexity index is 492. The highest BCUT2D eigenvalue weighted by Gasteiger charge is 2.33. The Hall–Kier alpha value is -1.84. The number of pyridine rings is 1. The van der Waals surface area contributed by atoms with Crippen LogP contribution in [0.1, 0.15) is 16.8 Å². The fraction of sp³-hybridized carbons (Fsp3) is 0.0769. The van der Waals surface area contributed by atoms with Gasteiger partial charge in [0, 0.05) is 12.6 Å². The van der Waals surface area contributed by atoms with E-state index in [0.29, 0.717) is 5.56 Å². The molecule has 0 spiro atoms. The van der Waals surface area contributed by atoms with Gasteiger partial charge in [0.05, 0.1) is 11.3 Å². The van der Waals surface area contributed by atoms with Gasteiger partial charge in [0.2, 0.25) is 0 Å². The summed E-state index contributed by atoms with van der Waals surface area (Å²) in [5.74, 6) is 0. The number of halogens is 3. The third kappa shape index (κ3) is 2.84. The zero-order valence-electron chi connectivity index (χ0n) is 8.78. The maximum atomic E-state index is 12.7. The molecule has 0 amide bonds. The van der Waals surface area contributed by atoms with E-state index in [1.165, 1.54) is 18.7 Å². The van der Waals surface area contributed by atoms with Crippen molar-refractivity contribution in [1.82, 2.24) is 4.98 Å². The van der Waals surface area contributed by atoms with Crippen molar-refractivity contribution in [1.29, 1.82) is 0 Å². The number of hydrogen-bond donors (Lipinski definition) is 0. The van der Waals surface area contributed by atoms with Crippen molar-refractivity contribution in [3.8, 4) is 0 Å². The molecule has 2 aromatic rings. The van der Waals surface area contributed by atoms with Gasteiger partial charge < -0.3 is 0 Å². The van der Waals surface area contributed by atoms with E-state index >= 15 is 0 Å². The van der Waals surface area contributed by atoms with E-state index in [1.54, 1.807) is 30.3 Å². The summed E-state index contributed by atoms with van der Waals surface area (Å²) < 4.78 is 38.1. The minimum absolute atomic E-state index is 0.0637. The summed E-state index contributed by atoms with van der Waals surface area (Å²) in [6.07, 6.45) is -1.61. The lowest BCUT2D eigenvalue weighted by Gasteiger charge is -2.11. The highest BCUT2D eigenvalue weighted by atomic mass is 19.4. The van der Waals surface area contributed by atoms with Gasteiger partial charge in [-0.3, -0.25) is 4.98 Å². The first kappa shape index (κ1) is 11.6. The molecule has 2 rings (SSSR count). The van der Waals surface area contributed by atoms with Crippen LogP contribution in [0.25, 0.3) is 0 Å². The first-order chi connectivity index (χ1) is 8.07. The van der Waals surface area contributed by atoms with Gasteiger partial charge in [-0.15, -0.1) is 0 Å². The van der Waals surface area contributed by atoms with Crippen LogP contribution < -0.4 is 0 Å². The Balaban J connectivity index is 2.34. The molecule has 0 unspecified atom stereocenters. The van der Waals surface area contributed by atoms with Gasteiger partial charge >= 0.3 is 6.18 Å². The predicted octanol–water partition coefficient (Wildman–Crippen LogP) is 3.70. The normalized spacial score (nSPS) is 11.5. The van der Waals surface area contributed by atoms with Crippen LogP contribution in [0, 0.1) is 6.42 Å². The van der Waals surface area contributed by atoms with Crippen LogP contribution in [0.3, 0.4) is 0 Å². The maximum Gasteiger partial charge on any atom is 0.418 e. The van der Waals surface area contributed by atoms with Crippen LogP contribution in [-0.2, 0) is 6.18 Å². The van der Waals surface area contributed by atoms with Gasteiger partial charge in [-0.2, -0.15) is 13.2 Å². The Morgan fingerprint density at radius 1 is 0.941 bits per heavy atom. The van der Waals surface area contributed by atoms with E-state index in [-0.39, 0.29) is 5.69 Å². The Labute approximate surface area is 96.9 Å². The molecule has 0 N–H and O–H groups in total. The van der Waals surface area contributed by atoms with E-state index in [1.807, 2.05) is 0 Å². The van der Waals surface area contributed by atoms with Crippen LogP contribution in [0.5, 0.6) is 0 Å².